The molecule has 6 nitrogen and oxygen atoms in total. The molecular weight excluding hydrogens is 369 g/mol. The number of carbonyl (C=O) groups is 1. The monoisotopic (exact) mass is 393 g/mol. The van der Waals surface area contributed by atoms with Crippen molar-refractivity contribution in [2.45, 2.75) is 45.4 Å². The normalized spacial score (nSPS) is 13.2. The Morgan fingerprint density at radius 3 is 2.93 bits per heavy atom. The number of rotatable bonds is 7. The number of nitrogens with zero attached hydrogens (tertiary/aromatic N) is 4. The Balaban J connectivity index is 1.57. The number of halogens is 1. The maximum absolute atomic E-state index is 13.7. The predicted octanol–water partition coefficient (Wildman–Crippen LogP) is 3.96. The van der Waals surface area contributed by atoms with E-state index in [-0.39, 0.29) is 11.7 Å². The molecule has 0 spiro atoms. The minimum Gasteiger partial charge on any atom is -0.352 e. The number of amides is 1. The van der Waals surface area contributed by atoms with Gasteiger partial charge in [0.1, 0.15) is 17.8 Å². The van der Waals surface area contributed by atoms with E-state index < -0.39 is 0 Å². The molecule has 3 aromatic rings. The molecule has 29 heavy (non-hydrogen) atoms. The van der Waals surface area contributed by atoms with Crippen LogP contribution >= 0.6 is 0 Å². The fourth-order valence-electron chi connectivity index (χ4n) is 3.69. The van der Waals surface area contributed by atoms with Gasteiger partial charge in [-0.25, -0.2) is 19.3 Å². The lowest BCUT2D eigenvalue weighted by molar-refractivity contribution is -0.117. The van der Waals surface area contributed by atoms with Crippen molar-refractivity contribution >= 4 is 17.6 Å². The van der Waals surface area contributed by atoms with E-state index >= 15 is 0 Å². The Bertz CT molecular complexity index is 1070. The van der Waals surface area contributed by atoms with Crippen molar-refractivity contribution in [3.8, 4) is 11.4 Å². The van der Waals surface area contributed by atoms with E-state index in [4.69, 9.17) is 0 Å². The third-order valence-electron chi connectivity index (χ3n) is 5.25. The number of unbranched alkanes of at least 4 members (excludes halogenated alkanes) is 3. The maximum atomic E-state index is 13.7. The zero-order chi connectivity index (χ0) is 20.2. The van der Waals surface area contributed by atoms with Crippen molar-refractivity contribution in [1.82, 2.24) is 24.7 Å². The summed E-state index contributed by atoms with van der Waals surface area (Å²) in [4.78, 5) is 25.6. The zero-order valence-electron chi connectivity index (χ0n) is 16.5. The van der Waals surface area contributed by atoms with Crippen molar-refractivity contribution in [2.24, 2.45) is 0 Å². The van der Waals surface area contributed by atoms with E-state index in [1.54, 1.807) is 16.7 Å². The van der Waals surface area contributed by atoms with Crippen molar-refractivity contribution in [3.63, 3.8) is 0 Å². The Morgan fingerprint density at radius 1 is 1.17 bits per heavy atom. The highest BCUT2D eigenvalue weighted by Crippen LogP contribution is 2.30. The van der Waals surface area contributed by atoms with Gasteiger partial charge in [0.15, 0.2) is 0 Å². The Labute approximate surface area is 168 Å². The van der Waals surface area contributed by atoms with E-state index in [0.29, 0.717) is 25.0 Å². The van der Waals surface area contributed by atoms with Gasteiger partial charge in [0.05, 0.1) is 23.3 Å². The maximum Gasteiger partial charge on any atom is 0.247 e. The van der Waals surface area contributed by atoms with Crippen LogP contribution in [0.2, 0.25) is 0 Å². The van der Waals surface area contributed by atoms with Crippen LogP contribution in [0.4, 0.5) is 4.39 Å². The van der Waals surface area contributed by atoms with E-state index in [1.807, 2.05) is 6.08 Å². The van der Waals surface area contributed by atoms with Crippen LogP contribution < -0.4 is 5.32 Å². The van der Waals surface area contributed by atoms with Crippen LogP contribution in [0.3, 0.4) is 0 Å². The summed E-state index contributed by atoms with van der Waals surface area (Å²) in [7, 11) is 0. The molecule has 4 rings (SSSR count). The van der Waals surface area contributed by atoms with E-state index in [9.17, 15) is 9.18 Å². The molecule has 150 valence electrons. The zero-order valence-corrected chi connectivity index (χ0v) is 16.5. The molecule has 3 heterocycles. The number of imidazole rings is 1. The first-order valence-electron chi connectivity index (χ1n) is 10.1. The number of pyridine rings is 1. The first-order valence-corrected chi connectivity index (χ1v) is 10.1. The van der Waals surface area contributed by atoms with Gasteiger partial charge in [0.25, 0.3) is 0 Å². The lowest BCUT2D eigenvalue weighted by atomic mass is 9.93. The number of carbonyl (C=O) groups excluding carboxylic acids is 1. The van der Waals surface area contributed by atoms with Crippen LogP contribution in [0, 0.1) is 5.82 Å². The minimum atomic E-state index is -0.336. The van der Waals surface area contributed by atoms with Crippen LogP contribution in [-0.4, -0.2) is 31.8 Å². The molecular formula is C22H24FN5O. The second-order valence-corrected chi connectivity index (χ2v) is 7.29. The first-order chi connectivity index (χ1) is 14.2. The smallest absolute Gasteiger partial charge is 0.247 e. The largest absolute Gasteiger partial charge is 0.352 e. The summed E-state index contributed by atoms with van der Waals surface area (Å²) in [6, 6.07) is 3.02. The second-order valence-electron chi connectivity index (χ2n) is 7.29. The highest BCUT2D eigenvalue weighted by molar-refractivity contribution is 5.98. The van der Waals surface area contributed by atoms with Gasteiger partial charge in [-0.2, -0.15) is 0 Å². The molecule has 0 fully saturated rings. The lowest BCUT2D eigenvalue weighted by Gasteiger charge is -2.18. The van der Waals surface area contributed by atoms with Gasteiger partial charge in [0, 0.05) is 23.9 Å². The average molecular weight is 393 g/mol. The third kappa shape index (κ3) is 4.04. The van der Waals surface area contributed by atoms with Crippen molar-refractivity contribution < 1.29 is 9.18 Å². The Kier molecular flexibility index (Phi) is 5.64. The molecule has 1 aliphatic rings. The van der Waals surface area contributed by atoms with Gasteiger partial charge in [0.2, 0.25) is 5.91 Å². The van der Waals surface area contributed by atoms with Gasteiger partial charge in [-0.15, -0.1) is 0 Å². The van der Waals surface area contributed by atoms with Gasteiger partial charge in [-0.1, -0.05) is 26.2 Å². The number of fused-ring (bicyclic) bond motifs is 2. The summed E-state index contributed by atoms with van der Waals surface area (Å²) >= 11 is 0. The second kappa shape index (κ2) is 8.51. The van der Waals surface area contributed by atoms with Crippen LogP contribution in [0.5, 0.6) is 0 Å². The summed E-state index contributed by atoms with van der Waals surface area (Å²) in [5.41, 5.74) is 4.53. The molecule has 0 saturated carbocycles. The van der Waals surface area contributed by atoms with Gasteiger partial charge in [-0.3, -0.25) is 9.20 Å². The quantitative estimate of drug-likeness (QED) is 0.617. The van der Waals surface area contributed by atoms with Crippen molar-refractivity contribution in [3.05, 3.63) is 53.5 Å². The Hall–Kier alpha value is -3.09. The summed E-state index contributed by atoms with van der Waals surface area (Å²) in [5, 5.41) is 3.01. The Morgan fingerprint density at radius 2 is 2.07 bits per heavy atom. The molecule has 3 aromatic heterocycles. The first kappa shape index (κ1) is 19.2. The molecule has 0 aromatic carbocycles. The predicted molar refractivity (Wildman–Crippen MR) is 110 cm³/mol. The number of nitrogens with one attached hydrogen (secondary N) is 1. The lowest BCUT2D eigenvalue weighted by Crippen LogP contribution is -2.27. The van der Waals surface area contributed by atoms with E-state index in [1.165, 1.54) is 31.4 Å². The summed E-state index contributed by atoms with van der Waals surface area (Å²) < 4.78 is 15.4. The van der Waals surface area contributed by atoms with Gasteiger partial charge < -0.3 is 5.32 Å². The highest BCUT2D eigenvalue weighted by Gasteiger charge is 2.22. The molecule has 1 amide bonds. The number of hydrogen-bond acceptors (Lipinski definition) is 4. The van der Waals surface area contributed by atoms with E-state index in [2.05, 4.69) is 27.2 Å². The molecule has 0 saturated heterocycles. The molecule has 7 heteroatoms. The number of hydrogen-bond donors (Lipinski definition) is 1. The summed E-state index contributed by atoms with van der Waals surface area (Å²) in [6.07, 6.45) is 12.2. The SMILES string of the molecule is CCCCCCNC(=O)C1=Cc2ncnc(-c3cnc4ccc(F)cn34)c2CC1. The summed E-state index contributed by atoms with van der Waals surface area (Å²) in [5.74, 6) is -0.360. The fourth-order valence-corrected chi connectivity index (χ4v) is 3.69. The minimum absolute atomic E-state index is 0.0239. The standard InChI is InChI=1S/C22H24FN5O/c1-2-3-4-5-10-24-22(29)15-6-8-17-18(11-15)26-14-27-21(17)19-12-25-20-9-7-16(23)13-28(19)20/h7,9,11-14H,2-6,8,10H2,1H3,(H,24,29). The molecule has 1 aliphatic carbocycles. The molecule has 1 N–H and O–H groups in total. The van der Waals surface area contributed by atoms with Crippen molar-refractivity contribution in [1.29, 1.82) is 0 Å². The average Bonchev–Trinajstić information content (AvgIpc) is 3.15. The molecule has 0 atom stereocenters. The highest BCUT2D eigenvalue weighted by atomic mass is 19.1. The third-order valence-corrected chi connectivity index (χ3v) is 5.25. The van der Waals surface area contributed by atoms with Crippen LogP contribution in [0.15, 0.2) is 36.4 Å². The summed E-state index contributed by atoms with van der Waals surface area (Å²) in [6.45, 7) is 2.87. The van der Waals surface area contributed by atoms with Crippen LogP contribution in [0.1, 0.15) is 50.3 Å². The number of aromatic nitrogens is 4. The molecule has 0 bridgehead atoms. The topological polar surface area (TPSA) is 72.2 Å². The molecule has 0 unspecified atom stereocenters. The fraction of sp³-hybridized carbons (Fsp3) is 0.364. The molecule has 0 radical (unpaired) electrons. The van der Waals surface area contributed by atoms with Crippen LogP contribution in [-0.2, 0) is 11.2 Å². The molecule has 0 aliphatic heterocycles. The van der Waals surface area contributed by atoms with E-state index in [0.717, 1.165) is 41.1 Å². The van der Waals surface area contributed by atoms with Crippen molar-refractivity contribution in [2.75, 3.05) is 6.54 Å². The van der Waals surface area contributed by atoms with Gasteiger partial charge in [-0.05, 0) is 37.5 Å². The van der Waals surface area contributed by atoms with Crippen LogP contribution in [0.25, 0.3) is 23.1 Å². The van der Waals surface area contributed by atoms with Gasteiger partial charge >= 0.3 is 0 Å².